The molecule has 0 aromatic heterocycles. The van der Waals surface area contributed by atoms with Gasteiger partial charge in [-0.05, 0) is 43.7 Å². The Kier molecular flexibility index (Phi) is 5.09. The Morgan fingerprint density at radius 1 is 1.14 bits per heavy atom. The van der Waals surface area contributed by atoms with Crippen LogP contribution in [0.15, 0.2) is 42.5 Å². The first-order valence-corrected chi connectivity index (χ1v) is 6.94. The fraction of sp³-hybridized carbons (Fsp3) is 0.235. The second kappa shape index (κ2) is 7.02. The smallest absolute Gasteiger partial charge is 0.254 e. The van der Waals surface area contributed by atoms with E-state index in [2.05, 4.69) is 5.32 Å². The van der Waals surface area contributed by atoms with Gasteiger partial charge < -0.3 is 10.1 Å². The quantitative estimate of drug-likeness (QED) is 0.915. The summed E-state index contributed by atoms with van der Waals surface area (Å²) in [5, 5.41) is 2.59. The normalized spacial score (nSPS) is 10.6. The third kappa shape index (κ3) is 4.28. The number of carbonyl (C=O) groups is 1. The molecule has 5 heteroatoms. The summed E-state index contributed by atoms with van der Waals surface area (Å²) in [7, 11) is 0. The van der Waals surface area contributed by atoms with Crippen molar-refractivity contribution in [2.75, 3.05) is 0 Å². The number of halogens is 2. The maximum atomic E-state index is 13.5. The van der Waals surface area contributed by atoms with Crippen LogP contribution in [0.5, 0.6) is 5.75 Å². The first-order chi connectivity index (χ1) is 10.5. The van der Waals surface area contributed by atoms with Gasteiger partial charge in [0.15, 0.2) is 0 Å². The second-order valence-corrected chi connectivity index (χ2v) is 5.12. The van der Waals surface area contributed by atoms with E-state index < -0.39 is 17.5 Å². The molecule has 2 aromatic carbocycles. The lowest BCUT2D eigenvalue weighted by molar-refractivity contribution is 0.0947. The molecule has 1 N–H and O–H groups in total. The van der Waals surface area contributed by atoms with Gasteiger partial charge in [-0.15, -0.1) is 0 Å². The SMILES string of the molecule is CC(C)Oc1ccc(CNC(=O)c2ccc(F)cc2F)cc1. The van der Waals surface area contributed by atoms with Crippen LogP contribution < -0.4 is 10.1 Å². The van der Waals surface area contributed by atoms with Crippen LogP contribution in [-0.4, -0.2) is 12.0 Å². The molecule has 0 heterocycles. The van der Waals surface area contributed by atoms with Gasteiger partial charge in [0.05, 0.1) is 11.7 Å². The second-order valence-electron chi connectivity index (χ2n) is 5.12. The Balaban J connectivity index is 1.96. The minimum Gasteiger partial charge on any atom is -0.491 e. The Hall–Kier alpha value is -2.43. The minimum absolute atomic E-state index is 0.0898. The molecule has 0 bridgehead atoms. The molecular weight excluding hydrogens is 288 g/mol. The number of benzene rings is 2. The molecule has 2 aromatic rings. The van der Waals surface area contributed by atoms with Crippen LogP contribution in [0, 0.1) is 11.6 Å². The van der Waals surface area contributed by atoms with Crippen molar-refractivity contribution >= 4 is 5.91 Å². The van der Waals surface area contributed by atoms with Crippen molar-refractivity contribution in [3.8, 4) is 5.75 Å². The van der Waals surface area contributed by atoms with Gasteiger partial charge in [-0.3, -0.25) is 4.79 Å². The number of hydrogen-bond donors (Lipinski definition) is 1. The Bertz CT molecular complexity index is 654. The van der Waals surface area contributed by atoms with Crippen molar-refractivity contribution in [3.05, 3.63) is 65.2 Å². The molecule has 0 fully saturated rings. The monoisotopic (exact) mass is 305 g/mol. The number of carbonyl (C=O) groups excluding carboxylic acids is 1. The van der Waals surface area contributed by atoms with E-state index in [0.29, 0.717) is 6.07 Å². The molecule has 0 saturated heterocycles. The van der Waals surface area contributed by atoms with Crippen molar-refractivity contribution in [1.29, 1.82) is 0 Å². The summed E-state index contributed by atoms with van der Waals surface area (Å²) >= 11 is 0. The third-order valence-electron chi connectivity index (χ3n) is 2.92. The summed E-state index contributed by atoms with van der Waals surface area (Å²) in [4.78, 5) is 11.9. The van der Waals surface area contributed by atoms with Crippen molar-refractivity contribution in [3.63, 3.8) is 0 Å². The van der Waals surface area contributed by atoms with E-state index in [1.54, 1.807) is 12.1 Å². The van der Waals surface area contributed by atoms with E-state index in [-0.39, 0.29) is 18.2 Å². The van der Waals surface area contributed by atoms with Crippen LogP contribution >= 0.6 is 0 Å². The van der Waals surface area contributed by atoms with E-state index >= 15 is 0 Å². The molecule has 0 spiro atoms. The maximum Gasteiger partial charge on any atom is 0.254 e. The summed E-state index contributed by atoms with van der Waals surface area (Å²) in [6, 6.07) is 10.1. The summed E-state index contributed by atoms with van der Waals surface area (Å²) in [6.45, 7) is 4.12. The highest BCUT2D eigenvalue weighted by atomic mass is 19.1. The van der Waals surface area contributed by atoms with Gasteiger partial charge in [0.25, 0.3) is 5.91 Å². The van der Waals surface area contributed by atoms with Crippen molar-refractivity contribution < 1.29 is 18.3 Å². The standard InChI is InChI=1S/C17H17F2NO2/c1-11(2)22-14-6-3-12(4-7-14)10-20-17(21)15-8-5-13(18)9-16(15)19/h3-9,11H,10H2,1-2H3,(H,20,21). The van der Waals surface area contributed by atoms with Crippen LogP contribution in [0.2, 0.25) is 0 Å². The Labute approximate surface area is 127 Å². The van der Waals surface area contributed by atoms with Crippen molar-refractivity contribution in [2.45, 2.75) is 26.5 Å². The fourth-order valence-corrected chi connectivity index (χ4v) is 1.91. The van der Waals surface area contributed by atoms with Crippen LogP contribution in [0.3, 0.4) is 0 Å². The van der Waals surface area contributed by atoms with Crippen molar-refractivity contribution in [2.24, 2.45) is 0 Å². The summed E-state index contributed by atoms with van der Waals surface area (Å²) in [5.41, 5.74) is 0.674. The van der Waals surface area contributed by atoms with E-state index in [1.807, 2.05) is 26.0 Å². The average Bonchev–Trinajstić information content (AvgIpc) is 2.45. The number of rotatable bonds is 5. The zero-order chi connectivity index (χ0) is 16.1. The molecule has 0 aliphatic carbocycles. The predicted molar refractivity (Wildman–Crippen MR) is 79.7 cm³/mol. The van der Waals surface area contributed by atoms with Gasteiger partial charge in [0, 0.05) is 12.6 Å². The lowest BCUT2D eigenvalue weighted by atomic mass is 10.1. The number of nitrogens with one attached hydrogen (secondary N) is 1. The van der Waals surface area contributed by atoms with Gasteiger partial charge >= 0.3 is 0 Å². The van der Waals surface area contributed by atoms with Crippen LogP contribution in [0.25, 0.3) is 0 Å². The molecule has 1 amide bonds. The largest absolute Gasteiger partial charge is 0.491 e. The highest BCUT2D eigenvalue weighted by molar-refractivity contribution is 5.94. The van der Waals surface area contributed by atoms with Crippen LogP contribution in [0.4, 0.5) is 8.78 Å². The molecule has 0 saturated carbocycles. The highest BCUT2D eigenvalue weighted by Crippen LogP contribution is 2.14. The minimum atomic E-state index is -0.877. The first kappa shape index (κ1) is 15.9. The predicted octanol–water partition coefficient (Wildman–Crippen LogP) is 3.68. The molecule has 0 aliphatic rings. The average molecular weight is 305 g/mol. The number of ether oxygens (including phenoxy) is 1. The lowest BCUT2D eigenvalue weighted by Gasteiger charge is -2.10. The van der Waals surface area contributed by atoms with Crippen LogP contribution in [0.1, 0.15) is 29.8 Å². The fourth-order valence-electron chi connectivity index (χ4n) is 1.91. The molecule has 0 radical (unpaired) electrons. The first-order valence-electron chi connectivity index (χ1n) is 6.94. The molecule has 22 heavy (non-hydrogen) atoms. The van der Waals surface area contributed by atoms with Gasteiger partial charge in [-0.25, -0.2) is 8.78 Å². The van der Waals surface area contributed by atoms with Gasteiger partial charge in [0.2, 0.25) is 0 Å². The zero-order valence-corrected chi connectivity index (χ0v) is 12.4. The van der Waals surface area contributed by atoms with Gasteiger partial charge in [0.1, 0.15) is 17.4 Å². The highest BCUT2D eigenvalue weighted by Gasteiger charge is 2.12. The Morgan fingerprint density at radius 3 is 2.41 bits per heavy atom. The molecule has 0 aliphatic heterocycles. The summed E-state index contributed by atoms with van der Waals surface area (Å²) in [6.07, 6.45) is 0.0898. The zero-order valence-electron chi connectivity index (χ0n) is 12.4. The van der Waals surface area contributed by atoms with Crippen LogP contribution in [-0.2, 0) is 6.54 Å². The van der Waals surface area contributed by atoms with E-state index in [4.69, 9.17) is 4.74 Å². The third-order valence-corrected chi connectivity index (χ3v) is 2.92. The molecule has 0 atom stereocenters. The number of amides is 1. The molecular formula is C17H17F2NO2. The van der Waals surface area contributed by atoms with E-state index in [9.17, 15) is 13.6 Å². The number of hydrogen-bond acceptors (Lipinski definition) is 2. The topological polar surface area (TPSA) is 38.3 Å². The van der Waals surface area contributed by atoms with E-state index in [1.165, 1.54) is 0 Å². The van der Waals surface area contributed by atoms with Crippen molar-refractivity contribution in [1.82, 2.24) is 5.32 Å². The summed E-state index contributed by atoms with van der Waals surface area (Å²) < 4.78 is 31.8. The molecule has 116 valence electrons. The van der Waals surface area contributed by atoms with E-state index in [0.717, 1.165) is 23.4 Å². The molecule has 3 nitrogen and oxygen atoms in total. The molecule has 2 rings (SSSR count). The Morgan fingerprint density at radius 2 is 1.82 bits per heavy atom. The summed E-state index contributed by atoms with van der Waals surface area (Å²) in [5.74, 6) is -1.43. The molecule has 0 unspecified atom stereocenters. The van der Waals surface area contributed by atoms with Gasteiger partial charge in [-0.1, -0.05) is 12.1 Å². The maximum absolute atomic E-state index is 13.5. The van der Waals surface area contributed by atoms with Gasteiger partial charge in [-0.2, -0.15) is 0 Å². The lowest BCUT2D eigenvalue weighted by Crippen LogP contribution is -2.23.